The summed E-state index contributed by atoms with van der Waals surface area (Å²) in [5.41, 5.74) is 0.503. The molecule has 1 heterocycles. The molecule has 2 aliphatic rings. The molecular weight excluding hydrogens is 296 g/mol. The first kappa shape index (κ1) is 15.6. The highest BCUT2D eigenvalue weighted by atomic mass is 16.5. The van der Waals surface area contributed by atoms with Crippen molar-refractivity contribution in [3.63, 3.8) is 0 Å². The number of piperidine rings is 1. The highest BCUT2D eigenvalue weighted by Crippen LogP contribution is 2.31. The van der Waals surface area contributed by atoms with Gasteiger partial charge in [0.15, 0.2) is 0 Å². The molecule has 1 atom stereocenters. The summed E-state index contributed by atoms with van der Waals surface area (Å²) in [5.74, 6) is 1.67. The van der Waals surface area contributed by atoms with Crippen molar-refractivity contribution < 1.29 is 19.1 Å². The fourth-order valence-corrected chi connectivity index (χ4v) is 2.55. The Labute approximate surface area is 135 Å². The minimum absolute atomic E-state index is 0.0356. The van der Waals surface area contributed by atoms with Crippen molar-refractivity contribution in [1.29, 1.82) is 0 Å². The normalized spacial score (nSPS) is 20.6. The fraction of sp³-hybridized carbons (Fsp3) is 0.529. The van der Waals surface area contributed by atoms with Crippen LogP contribution in [0.5, 0.6) is 11.5 Å². The van der Waals surface area contributed by atoms with E-state index in [4.69, 9.17) is 9.47 Å². The van der Waals surface area contributed by atoms with Crippen LogP contribution in [-0.2, 0) is 4.79 Å². The summed E-state index contributed by atoms with van der Waals surface area (Å²) in [6.45, 7) is 1.10. The second-order valence-corrected chi connectivity index (χ2v) is 6.13. The molecule has 6 nitrogen and oxygen atoms in total. The maximum absolute atomic E-state index is 12.5. The molecule has 23 heavy (non-hydrogen) atoms. The molecule has 2 amide bonds. The summed E-state index contributed by atoms with van der Waals surface area (Å²) < 4.78 is 11.0. The SMILES string of the molecule is COc1ccc(C(=O)NC2CCC(=O)NC2)c(OCC2CC2)c1. The number of hydrogen-bond donors (Lipinski definition) is 2. The van der Waals surface area contributed by atoms with Gasteiger partial charge >= 0.3 is 0 Å². The summed E-state index contributed by atoms with van der Waals surface area (Å²) in [6.07, 6.45) is 3.48. The van der Waals surface area contributed by atoms with Gasteiger partial charge in [-0.1, -0.05) is 0 Å². The maximum atomic E-state index is 12.5. The molecule has 1 saturated heterocycles. The second-order valence-electron chi connectivity index (χ2n) is 6.13. The van der Waals surface area contributed by atoms with Gasteiger partial charge in [-0.2, -0.15) is 0 Å². The molecule has 0 bridgehead atoms. The lowest BCUT2D eigenvalue weighted by atomic mass is 10.1. The van der Waals surface area contributed by atoms with Gasteiger partial charge < -0.3 is 20.1 Å². The number of rotatable bonds is 6. The second kappa shape index (κ2) is 6.89. The van der Waals surface area contributed by atoms with E-state index in [9.17, 15) is 9.59 Å². The summed E-state index contributed by atoms with van der Waals surface area (Å²) in [6, 6.07) is 5.18. The Balaban J connectivity index is 1.68. The molecule has 2 N–H and O–H groups in total. The van der Waals surface area contributed by atoms with Crippen LogP contribution < -0.4 is 20.1 Å². The van der Waals surface area contributed by atoms with Crippen molar-refractivity contribution in [3.8, 4) is 11.5 Å². The number of amides is 2. The van der Waals surface area contributed by atoms with E-state index in [1.165, 1.54) is 12.8 Å². The number of nitrogens with one attached hydrogen (secondary N) is 2. The lowest BCUT2D eigenvalue weighted by molar-refractivity contribution is -0.122. The van der Waals surface area contributed by atoms with Crippen LogP contribution >= 0.6 is 0 Å². The maximum Gasteiger partial charge on any atom is 0.255 e. The first-order valence-corrected chi connectivity index (χ1v) is 8.04. The predicted octanol–water partition coefficient (Wildman–Crippen LogP) is 1.49. The molecule has 3 rings (SSSR count). The van der Waals surface area contributed by atoms with E-state index in [0.29, 0.717) is 49.0 Å². The van der Waals surface area contributed by atoms with Gasteiger partial charge in [0.05, 0.1) is 19.3 Å². The number of benzene rings is 1. The van der Waals surface area contributed by atoms with E-state index in [1.807, 2.05) is 0 Å². The molecule has 1 saturated carbocycles. The quantitative estimate of drug-likeness (QED) is 0.833. The van der Waals surface area contributed by atoms with Crippen LogP contribution in [0.15, 0.2) is 18.2 Å². The van der Waals surface area contributed by atoms with Gasteiger partial charge in [0.2, 0.25) is 5.91 Å². The topological polar surface area (TPSA) is 76.7 Å². The van der Waals surface area contributed by atoms with Gasteiger partial charge in [-0.25, -0.2) is 0 Å². The molecule has 124 valence electrons. The molecule has 1 unspecified atom stereocenters. The van der Waals surface area contributed by atoms with Crippen molar-refractivity contribution >= 4 is 11.8 Å². The standard InChI is InChI=1S/C17H22N2O4/c1-22-13-5-6-14(15(8-13)23-10-11-2-3-11)17(21)19-12-4-7-16(20)18-9-12/h5-6,8,11-12H,2-4,7,9-10H2,1H3,(H,18,20)(H,19,21). The molecule has 2 fully saturated rings. The van der Waals surface area contributed by atoms with Gasteiger partial charge in [0, 0.05) is 25.1 Å². The highest BCUT2D eigenvalue weighted by molar-refractivity contribution is 5.97. The van der Waals surface area contributed by atoms with Gasteiger partial charge in [-0.15, -0.1) is 0 Å². The van der Waals surface area contributed by atoms with E-state index in [-0.39, 0.29) is 17.9 Å². The van der Waals surface area contributed by atoms with Crippen LogP contribution in [0.1, 0.15) is 36.0 Å². The lowest BCUT2D eigenvalue weighted by Crippen LogP contribution is -2.47. The number of methoxy groups -OCH3 is 1. The van der Waals surface area contributed by atoms with Crippen LogP contribution in [0.4, 0.5) is 0 Å². The molecule has 0 spiro atoms. The van der Waals surface area contributed by atoms with Crippen molar-refractivity contribution in [2.24, 2.45) is 5.92 Å². The van der Waals surface area contributed by atoms with Crippen molar-refractivity contribution in [2.45, 2.75) is 31.7 Å². The summed E-state index contributed by atoms with van der Waals surface area (Å²) >= 11 is 0. The van der Waals surface area contributed by atoms with E-state index in [2.05, 4.69) is 10.6 Å². The molecule has 1 aliphatic carbocycles. The Morgan fingerprint density at radius 3 is 2.83 bits per heavy atom. The number of carbonyl (C=O) groups excluding carboxylic acids is 2. The third kappa shape index (κ3) is 4.15. The van der Waals surface area contributed by atoms with Gasteiger partial charge in [0.1, 0.15) is 11.5 Å². The van der Waals surface area contributed by atoms with E-state index < -0.39 is 0 Å². The Morgan fingerprint density at radius 2 is 2.17 bits per heavy atom. The Hall–Kier alpha value is -2.24. The van der Waals surface area contributed by atoms with Crippen LogP contribution in [0.3, 0.4) is 0 Å². The molecule has 6 heteroatoms. The fourth-order valence-electron chi connectivity index (χ4n) is 2.55. The predicted molar refractivity (Wildman–Crippen MR) is 84.7 cm³/mol. The Bertz CT molecular complexity index is 588. The summed E-state index contributed by atoms with van der Waals surface area (Å²) in [5, 5.41) is 5.73. The lowest BCUT2D eigenvalue weighted by Gasteiger charge is -2.24. The van der Waals surface area contributed by atoms with E-state index in [0.717, 1.165) is 0 Å². The van der Waals surface area contributed by atoms with Crippen molar-refractivity contribution in [3.05, 3.63) is 23.8 Å². The Morgan fingerprint density at radius 1 is 1.35 bits per heavy atom. The zero-order valence-corrected chi connectivity index (χ0v) is 13.3. The molecule has 1 aliphatic heterocycles. The highest BCUT2D eigenvalue weighted by Gasteiger charge is 2.25. The molecule has 1 aromatic rings. The average molecular weight is 318 g/mol. The molecule has 0 aromatic heterocycles. The average Bonchev–Trinajstić information content (AvgIpc) is 3.39. The van der Waals surface area contributed by atoms with Crippen LogP contribution in [0.2, 0.25) is 0 Å². The number of ether oxygens (including phenoxy) is 2. The summed E-state index contributed by atoms with van der Waals surface area (Å²) in [7, 11) is 1.59. The number of hydrogen-bond acceptors (Lipinski definition) is 4. The van der Waals surface area contributed by atoms with Crippen molar-refractivity contribution in [2.75, 3.05) is 20.3 Å². The Kier molecular flexibility index (Phi) is 4.69. The first-order valence-electron chi connectivity index (χ1n) is 8.04. The smallest absolute Gasteiger partial charge is 0.255 e. The first-order chi connectivity index (χ1) is 11.2. The summed E-state index contributed by atoms with van der Waals surface area (Å²) in [4.78, 5) is 23.7. The van der Waals surface area contributed by atoms with Gasteiger partial charge in [-0.3, -0.25) is 9.59 Å². The molecule has 0 radical (unpaired) electrons. The minimum atomic E-state index is -0.181. The largest absolute Gasteiger partial charge is 0.497 e. The third-order valence-corrected chi connectivity index (χ3v) is 4.21. The molecule has 1 aromatic carbocycles. The van der Waals surface area contributed by atoms with Crippen molar-refractivity contribution in [1.82, 2.24) is 10.6 Å². The molecular formula is C17H22N2O4. The minimum Gasteiger partial charge on any atom is -0.497 e. The third-order valence-electron chi connectivity index (χ3n) is 4.21. The number of carbonyl (C=O) groups is 2. The van der Waals surface area contributed by atoms with Crippen LogP contribution in [-0.4, -0.2) is 38.1 Å². The van der Waals surface area contributed by atoms with E-state index >= 15 is 0 Å². The zero-order chi connectivity index (χ0) is 16.2. The van der Waals surface area contributed by atoms with E-state index in [1.54, 1.807) is 25.3 Å². The van der Waals surface area contributed by atoms with Gasteiger partial charge in [0.25, 0.3) is 5.91 Å². The van der Waals surface area contributed by atoms with Crippen LogP contribution in [0, 0.1) is 5.92 Å². The zero-order valence-electron chi connectivity index (χ0n) is 13.3. The van der Waals surface area contributed by atoms with Crippen LogP contribution in [0.25, 0.3) is 0 Å². The monoisotopic (exact) mass is 318 g/mol. The van der Waals surface area contributed by atoms with Gasteiger partial charge in [-0.05, 0) is 37.3 Å².